The van der Waals surface area contributed by atoms with Crippen molar-refractivity contribution in [1.29, 1.82) is 0 Å². The highest BCUT2D eigenvalue weighted by Gasteiger charge is 2.14. The SMILES string of the molecule is Cc1c(Cl)c(COC(=O)CCC(=O)c2ccc(F)cc2)nc2ccccc12. The Bertz CT molecular complexity index is 1000. The van der Waals surface area contributed by atoms with Crippen molar-refractivity contribution in [3.8, 4) is 0 Å². The molecule has 2 aromatic carbocycles. The van der Waals surface area contributed by atoms with E-state index in [2.05, 4.69) is 4.98 Å². The van der Waals surface area contributed by atoms with Crippen LogP contribution in [0.5, 0.6) is 0 Å². The highest BCUT2D eigenvalue weighted by atomic mass is 35.5. The van der Waals surface area contributed by atoms with Gasteiger partial charge in [0.05, 0.1) is 22.7 Å². The maximum Gasteiger partial charge on any atom is 0.306 e. The Morgan fingerprint density at radius 3 is 2.52 bits per heavy atom. The Morgan fingerprint density at radius 2 is 1.78 bits per heavy atom. The first-order valence-electron chi connectivity index (χ1n) is 8.44. The summed E-state index contributed by atoms with van der Waals surface area (Å²) in [5.41, 5.74) is 2.49. The van der Waals surface area contributed by atoms with E-state index >= 15 is 0 Å². The fourth-order valence-electron chi connectivity index (χ4n) is 2.73. The topological polar surface area (TPSA) is 56.3 Å². The molecule has 0 bridgehead atoms. The van der Waals surface area contributed by atoms with Crippen molar-refractivity contribution in [2.75, 3.05) is 0 Å². The van der Waals surface area contributed by atoms with Crippen LogP contribution in [0.4, 0.5) is 4.39 Å². The standard InChI is InChI=1S/C21H17ClFNO3/c1-13-16-4-2-3-5-17(16)24-18(21(13)22)12-27-20(26)11-10-19(25)14-6-8-15(23)9-7-14/h2-9H,10-12H2,1H3. The summed E-state index contributed by atoms with van der Waals surface area (Å²) in [6, 6.07) is 12.8. The lowest BCUT2D eigenvalue weighted by Crippen LogP contribution is -2.09. The van der Waals surface area contributed by atoms with Crippen molar-refractivity contribution in [1.82, 2.24) is 4.98 Å². The molecule has 0 spiro atoms. The molecule has 6 heteroatoms. The van der Waals surface area contributed by atoms with Gasteiger partial charge in [-0.05, 0) is 42.8 Å². The first-order chi connectivity index (χ1) is 13.0. The highest BCUT2D eigenvalue weighted by Crippen LogP contribution is 2.27. The number of rotatable bonds is 6. The first-order valence-corrected chi connectivity index (χ1v) is 8.81. The van der Waals surface area contributed by atoms with Crippen LogP contribution in [0.25, 0.3) is 10.9 Å². The van der Waals surface area contributed by atoms with Crippen LogP contribution < -0.4 is 0 Å². The molecule has 0 saturated heterocycles. The van der Waals surface area contributed by atoms with Crippen molar-refractivity contribution < 1.29 is 18.7 Å². The third-order valence-corrected chi connectivity index (χ3v) is 4.74. The van der Waals surface area contributed by atoms with Crippen LogP contribution >= 0.6 is 11.6 Å². The van der Waals surface area contributed by atoms with Gasteiger partial charge < -0.3 is 4.74 Å². The summed E-state index contributed by atoms with van der Waals surface area (Å²) in [5.74, 6) is -1.18. The lowest BCUT2D eigenvalue weighted by Gasteiger charge is -2.10. The number of nitrogens with zero attached hydrogens (tertiary/aromatic N) is 1. The summed E-state index contributed by atoms with van der Waals surface area (Å²) >= 11 is 6.34. The number of hydrogen-bond acceptors (Lipinski definition) is 4. The lowest BCUT2D eigenvalue weighted by molar-refractivity contribution is -0.145. The fraction of sp³-hybridized carbons (Fsp3) is 0.190. The smallest absolute Gasteiger partial charge is 0.306 e. The van der Waals surface area contributed by atoms with E-state index in [0.717, 1.165) is 16.5 Å². The van der Waals surface area contributed by atoms with Crippen LogP contribution in [-0.4, -0.2) is 16.7 Å². The number of Topliss-reactive ketones (excluding diaryl/α,β-unsaturated/α-hetero) is 1. The molecule has 0 saturated carbocycles. The largest absolute Gasteiger partial charge is 0.459 e. The van der Waals surface area contributed by atoms with Gasteiger partial charge in [0.25, 0.3) is 0 Å². The second kappa shape index (κ2) is 8.27. The molecule has 1 heterocycles. The minimum atomic E-state index is -0.519. The molecular weight excluding hydrogens is 369 g/mol. The molecule has 27 heavy (non-hydrogen) atoms. The number of benzene rings is 2. The maximum atomic E-state index is 12.9. The zero-order chi connectivity index (χ0) is 19.4. The summed E-state index contributed by atoms with van der Waals surface area (Å²) in [7, 11) is 0. The molecular formula is C21H17ClFNO3. The average molecular weight is 386 g/mol. The van der Waals surface area contributed by atoms with E-state index in [9.17, 15) is 14.0 Å². The number of ketones is 1. The number of fused-ring (bicyclic) bond motifs is 1. The van der Waals surface area contributed by atoms with E-state index in [4.69, 9.17) is 16.3 Å². The minimum Gasteiger partial charge on any atom is -0.459 e. The monoisotopic (exact) mass is 385 g/mol. The number of hydrogen-bond donors (Lipinski definition) is 0. The molecule has 4 nitrogen and oxygen atoms in total. The van der Waals surface area contributed by atoms with Crippen molar-refractivity contribution in [2.45, 2.75) is 26.4 Å². The predicted octanol–water partition coefficient (Wildman–Crippen LogP) is 5.04. The van der Waals surface area contributed by atoms with Gasteiger partial charge in [-0.3, -0.25) is 9.59 Å². The zero-order valence-corrected chi connectivity index (χ0v) is 15.4. The summed E-state index contributed by atoms with van der Waals surface area (Å²) < 4.78 is 18.1. The number of para-hydroxylation sites is 1. The Kier molecular flexibility index (Phi) is 5.81. The van der Waals surface area contributed by atoms with Gasteiger partial charge in [0.2, 0.25) is 0 Å². The molecule has 0 N–H and O–H groups in total. The zero-order valence-electron chi connectivity index (χ0n) is 14.7. The van der Waals surface area contributed by atoms with Crippen LogP contribution in [-0.2, 0) is 16.1 Å². The molecule has 0 aliphatic rings. The maximum absolute atomic E-state index is 12.9. The third-order valence-electron chi connectivity index (χ3n) is 4.24. The second-order valence-corrected chi connectivity index (χ2v) is 6.48. The number of esters is 1. The molecule has 0 aliphatic heterocycles. The fourth-order valence-corrected chi connectivity index (χ4v) is 2.93. The van der Waals surface area contributed by atoms with Crippen molar-refractivity contribution >= 4 is 34.3 Å². The van der Waals surface area contributed by atoms with E-state index in [-0.39, 0.29) is 25.2 Å². The van der Waals surface area contributed by atoms with Gasteiger partial charge in [0.15, 0.2) is 5.78 Å². The molecule has 1 aromatic heterocycles. The Balaban J connectivity index is 1.59. The molecule has 3 aromatic rings. The normalized spacial score (nSPS) is 10.8. The van der Waals surface area contributed by atoms with Crippen LogP contribution in [0.2, 0.25) is 5.02 Å². The number of ether oxygens (including phenoxy) is 1. The molecule has 0 unspecified atom stereocenters. The number of halogens is 2. The van der Waals surface area contributed by atoms with Crippen molar-refractivity contribution in [3.05, 3.63) is 76.2 Å². The Labute approximate surface area is 160 Å². The van der Waals surface area contributed by atoms with Gasteiger partial charge in [-0.1, -0.05) is 29.8 Å². The van der Waals surface area contributed by atoms with Gasteiger partial charge in [-0.25, -0.2) is 9.37 Å². The van der Waals surface area contributed by atoms with Crippen LogP contribution in [0.3, 0.4) is 0 Å². The number of pyridine rings is 1. The molecule has 3 rings (SSSR count). The van der Waals surface area contributed by atoms with E-state index in [1.807, 2.05) is 31.2 Å². The van der Waals surface area contributed by atoms with E-state index < -0.39 is 11.8 Å². The summed E-state index contributed by atoms with van der Waals surface area (Å²) in [4.78, 5) is 28.4. The number of aryl methyl sites for hydroxylation is 1. The third kappa shape index (κ3) is 4.49. The molecule has 0 aliphatic carbocycles. The van der Waals surface area contributed by atoms with E-state index in [1.54, 1.807) is 0 Å². The molecule has 138 valence electrons. The predicted molar refractivity (Wildman–Crippen MR) is 101 cm³/mol. The summed E-state index contributed by atoms with van der Waals surface area (Å²) in [6.45, 7) is 1.83. The Hall–Kier alpha value is -2.79. The lowest BCUT2D eigenvalue weighted by atomic mass is 10.1. The quantitative estimate of drug-likeness (QED) is 0.440. The molecule has 0 fully saturated rings. The van der Waals surface area contributed by atoms with Crippen LogP contribution in [0.15, 0.2) is 48.5 Å². The summed E-state index contributed by atoms with van der Waals surface area (Å²) in [6.07, 6.45) is -0.0806. The van der Waals surface area contributed by atoms with Crippen LogP contribution in [0, 0.1) is 12.7 Å². The average Bonchev–Trinajstić information content (AvgIpc) is 2.68. The van der Waals surface area contributed by atoms with Gasteiger partial charge >= 0.3 is 5.97 Å². The molecule has 0 amide bonds. The number of carbonyl (C=O) groups is 2. The van der Waals surface area contributed by atoms with Crippen LogP contribution in [0.1, 0.15) is 34.5 Å². The minimum absolute atomic E-state index is 0.0115. The summed E-state index contributed by atoms with van der Waals surface area (Å²) in [5, 5.41) is 1.41. The molecule has 0 atom stereocenters. The van der Waals surface area contributed by atoms with Gasteiger partial charge in [0.1, 0.15) is 12.4 Å². The van der Waals surface area contributed by atoms with Gasteiger partial charge in [-0.15, -0.1) is 0 Å². The second-order valence-electron chi connectivity index (χ2n) is 6.11. The van der Waals surface area contributed by atoms with Crippen molar-refractivity contribution in [3.63, 3.8) is 0 Å². The van der Waals surface area contributed by atoms with E-state index in [1.165, 1.54) is 24.3 Å². The highest BCUT2D eigenvalue weighted by molar-refractivity contribution is 6.32. The van der Waals surface area contributed by atoms with Gasteiger partial charge in [0, 0.05) is 17.4 Å². The van der Waals surface area contributed by atoms with E-state index in [0.29, 0.717) is 16.3 Å². The Morgan fingerprint density at radius 1 is 1.07 bits per heavy atom. The van der Waals surface area contributed by atoms with Crippen molar-refractivity contribution in [2.24, 2.45) is 0 Å². The number of aromatic nitrogens is 1. The number of carbonyl (C=O) groups excluding carboxylic acids is 2. The first kappa shape index (κ1) is 19.0. The molecule has 0 radical (unpaired) electrons. The van der Waals surface area contributed by atoms with Gasteiger partial charge in [-0.2, -0.15) is 0 Å².